The average Bonchev–Trinajstić information content (AvgIpc) is 3.68. The van der Waals surface area contributed by atoms with E-state index < -0.39 is 30.6 Å². The fourth-order valence-electron chi connectivity index (χ4n) is 9.34. The Morgan fingerprint density at radius 3 is 2.57 bits per heavy atom. The third-order valence-corrected chi connectivity index (χ3v) is 16.6. The van der Waals surface area contributed by atoms with Gasteiger partial charge in [0.15, 0.2) is 5.78 Å². The Morgan fingerprint density at radius 1 is 0.983 bits per heavy atom. The number of esters is 1. The Kier molecular flexibility index (Phi) is 12.2. The van der Waals surface area contributed by atoms with Crippen LogP contribution in [0.1, 0.15) is 88.3 Å². The molecule has 2 aromatic carbocycles. The summed E-state index contributed by atoms with van der Waals surface area (Å²) in [7, 11) is -2.27. The lowest BCUT2D eigenvalue weighted by Gasteiger charge is -2.30. The second-order valence-corrected chi connectivity index (χ2v) is 20.2. The van der Waals surface area contributed by atoms with Crippen molar-refractivity contribution >= 4 is 47.3 Å². The number of carbonyl (C=O) groups excluding carboxylic acids is 3. The van der Waals surface area contributed by atoms with Gasteiger partial charge in [-0.2, -0.15) is 0 Å². The minimum absolute atomic E-state index is 0.0101. The zero-order valence-electron chi connectivity index (χ0n) is 33.1. The molecule has 3 fully saturated rings. The van der Waals surface area contributed by atoms with Crippen molar-refractivity contribution in [3.05, 3.63) is 89.1 Å². The summed E-state index contributed by atoms with van der Waals surface area (Å²) in [5.74, 6) is -0.524. The number of aromatic nitrogens is 1. The van der Waals surface area contributed by atoms with Crippen LogP contribution in [0.2, 0.25) is 0 Å². The van der Waals surface area contributed by atoms with Crippen molar-refractivity contribution in [2.75, 3.05) is 13.7 Å². The minimum atomic E-state index is -3.88. The molecule has 0 radical (unpaired) electrons. The Labute approximate surface area is 344 Å². The molecular weight excluding hydrogens is 772 g/mol. The van der Waals surface area contributed by atoms with Gasteiger partial charge in [-0.25, -0.2) is 4.98 Å². The molecule has 58 heavy (non-hydrogen) atoms. The maximum absolute atomic E-state index is 14.9. The third-order valence-electron chi connectivity index (χ3n) is 12.6. The van der Waals surface area contributed by atoms with Crippen LogP contribution in [0.3, 0.4) is 0 Å². The number of allylic oxidation sites excluding steroid dienone is 2. The Hall–Kier alpha value is -4.31. The van der Waals surface area contributed by atoms with Crippen molar-refractivity contribution in [2.24, 2.45) is 11.8 Å². The maximum atomic E-state index is 14.9. The molecule has 10 nitrogen and oxygen atoms in total. The van der Waals surface area contributed by atoms with Crippen molar-refractivity contribution in [1.29, 1.82) is 0 Å². The zero-order valence-corrected chi connectivity index (χ0v) is 34.8. The molecule has 4 aliphatic rings. The van der Waals surface area contributed by atoms with Crippen molar-refractivity contribution in [3.63, 3.8) is 0 Å². The number of carbonyl (C=O) groups is 3. The second-order valence-electron chi connectivity index (χ2n) is 16.6. The van der Waals surface area contributed by atoms with Crippen LogP contribution in [0.25, 0.3) is 22.2 Å². The van der Waals surface area contributed by atoms with Crippen molar-refractivity contribution in [1.82, 2.24) is 9.88 Å². The number of rotatable bonds is 10. The quantitative estimate of drug-likeness (QED) is 0.0944. The molecule has 2 aliphatic carbocycles. The van der Waals surface area contributed by atoms with E-state index in [9.17, 15) is 23.8 Å². The molecular formula is C46H53N2O8PS. The number of nitrogens with zero attached hydrogens (tertiary/aromatic N) is 2. The lowest BCUT2D eigenvalue weighted by Crippen LogP contribution is -2.45. The first kappa shape index (κ1) is 40.5. The number of pyridine rings is 1. The van der Waals surface area contributed by atoms with Gasteiger partial charge < -0.3 is 24.0 Å². The van der Waals surface area contributed by atoms with Gasteiger partial charge in [0, 0.05) is 46.7 Å². The third kappa shape index (κ3) is 8.82. The molecule has 1 N–H and O–H groups in total. The van der Waals surface area contributed by atoms with Crippen LogP contribution in [0, 0.1) is 11.8 Å². The number of benzene rings is 2. The molecule has 8 rings (SSSR count). The number of hydrogen-bond donors (Lipinski definition) is 1. The molecule has 2 aliphatic heterocycles. The number of amides is 1. The highest BCUT2D eigenvalue weighted by Crippen LogP contribution is 2.74. The van der Waals surface area contributed by atoms with Crippen LogP contribution in [0.15, 0.2) is 84.3 Å². The highest BCUT2D eigenvalue weighted by Gasteiger charge is 2.65. The second kappa shape index (κ2) is 17.5. The van der Waals surface area contributed by atoms with Gasteiger partial charge in [-0.1, -0.05) is 61.4 Å². The predicted molar refractivity (Wildman–Crippen MR) is 225 cm³/mol. The summed E-state index contributed by atoms with van der Waals surface area (Å²) >= 11 is 1.44. The minimum Gasteiger partial charge on any atom is -0.497 e. The summed E-state index contributed by atoms with van der Waals surface area (Å²) in [6, 6.07) is 20.2. The van der Waals surface area contributed by atoms with E-state index >= 15 is 0 Å². The van der Waals surface area contributed by atoms with Gasteiger partial charge in [0.2, 0.25) is 13.3 Å². The molecule has 2 unspecified atom stereocenters. The number of hydrogen-bond acceptors (Lipinski definition) is 9. The van der Waals surface area contributed by atoms with E-state index in [4.69, 9.17) is 19.2 Å². The van der Waals surface area contributed by atoms with E-state index in [1.54, 1.807) is 12.0 Å². The highest BCUT2D eigenvalue weighted by molar-refractivity contribution is 7.59. The highest BCUT2D eigenvalue weighted by atomic mass is 32.1. The normalized spacial score (nSPS) is 27.2. The first-order chi connectivity index (χ1) is 28.1. The van der Waals surface area contributed by atoms with Gasteiger partial charge >= 0.3 is 5.97 Å². The molecule has 0 bridgehead atoms. The van der Waals surface area contributed by atoms with E-state index in [1.807, 2.05) is 78.2 Å². The predicted octanol–water partition coefficient (Wildman–Crippen LogP) is 9.52. The number of thiophene rings is 1. The van der Waals surface area contributed by atoms with Crippen LogP contribution >= 0.6 is 18.7 Å². The summed E-state index contributed by atoms with van der Waals surface area (Å²) in [5, 5.41) is 1.55. The van der Waals surface area contributed by atoms with Gasteiger partial charge in [-0.15, -0.1) is 11.3 Å². The Morgan fingerprint density at radius 2 is 1.79 bits per heavy atom. The molecule has 306 valence electrons. The molecule has 2 saturated carbocycles. The van der Waals surface area contributed by atoms with Gasteiger partial charge in [0.05, 0.1) is 48.6 Å². The van der Waals surface area contributed by atoms with E-state index in [1.165, 1.54) is 11.3 Å². The monoisotopic (exact) mass is 824 g/mol. The first-order valence-corrected chi connectivity index (χ1v) is 23.6. The summed E-state index contributed by atoms with van der Waals surface area (Å²) in [6.45, 7) is 0.131. The number of Topliss-reactive ketones (excluding diaryl/α,β-unsaturated/α-hetero) is 1. The SMILES string of the molecule is COc1ccc2c(O[C@@H]3C[C@H]4C(=O)C[C@]5(P(=O)(O)Cc6cccs6)C[C@@H]5/C=C\CCCCCC(CC(=O)OC5CCCC5)C(=O)N4C3)cc(-c3ccccc3)nc2c1. The lowest BCUT2D eigenvalue weighted by atomic mass is 9.94. The first-order valence-electron chi connectivity index (χ1n) is 20.9. The van der Waals surface area contributed by atoms with Gasteiger partial charge in [-0.05, 0) is 80.9 Å². The average molecular weight is 825 g/mol. The van der Waals surface area contributed by atoms with Crippen LogP contribution in [-0.4, -0.2) is 69.5 Å². The maximum Gasteiger partial charge on any atom is 0.306 e. The number of methoxy groups -OCH3 is 1. The summed E-state index contributed by atoms with van der Waals surface area (Å²) in [6.07, 6.45) is 11.5. The molecule has 1 saturated heterocycles. The summed E-state index contributed by atoms with van der Waals surface area (Å²) < 4.78 is 32.7. The van der Waals surface area contributed by atoms with Crippen LogP contribution in [-0.2, 0) is 29.8 Å². The molecule has 4 heterocycles. The van der Waals surface area contributed by atoms with E-state index in [0.29, 0.717) is 35.6 Å². The van der Waals surface area contributed by atoms with Crippen LogP contribution in [0.4, 0.5) is 0 Å². The summed E-state index contributed by atoms with van der Waals surface area (Å²) in [5.41, 5.74) is 2.29. The topological polar surface area (TPSA) is 132 Å². The zero-order chi connectivity index (χ0) is 40.3. The molecule has 12 heteroatoms. The largest absolute Gasteiger partial charge is 0.497 e. The van der Waals surface area contributed by atoms with Crippen molar-refractivity contribution in [2.45, 2.75) is 113 Å². The molecule has 0 spiro atoms. The Balaban J connectivity index is 1.13. The van der Waals surface area contributed by atoms with Crippen LogP contribution in [0.5, 0.6) is 11.5 Å². The van der Waals surface area contributed by atoms with Crippen molar-refractivity contribution < 1.29 is 38.1 Å². The standard InChI is InChI=1S/C46H53N2O8PS/c1-54-35-20-21-38-40(24-35)47-39(31-13-7-5-8-14-31)26-43(38)55-36-25-41-42(49)28-46(57(52,53)30-37-19-12-22-58-37)27-33(46)16-9-4-2-3-6-15-32(45(51)48(41)29-36)23-44(50)56-34-17-10-11-18-34/h5,7-9,12-14,16,19-22,24,26,32-34,36,41H,2-4,6,10-11,15,17-18,23,25,27-30H2,1H3,(H,52,53)/b16-9-/t32?,33-,36+,41-,46+/m0/s1. The Bertz CT molecular complexity index is 2190. The number of fused-ring (bicyclic) bond motifs is 3. The lowest BCUT2D eigenvalue weighted by molar-refractivity contribution is -0.154. The molecule has 1 amide bonds. The van der Waals surface area contributed by atoms with E-state index in [2.05, 4.69) is 6.08 Å². The number of ether oxygens (including phenoxy) is 3. The molecule has 2 aromatic heterocycles. The van der Waals surface area contributed by atoms with E-state index in [0.717, 1.165) is 67.2 Å². The smallest absolute Gasteiger partial charge is 0.306 e. The van der Waals surface area contributed by atoms with Gasteiger partial charge in [-0.3, -0.25) is 18.9 Å². The number of ketones is 1. The van der Waals surface area contributed by atoms with Gasteiger partial charge in [0.1, 0.15) is 23.7 Å². The molecule has 6 atom stereocenters. The fraction of sp³-hybridized carbons (Fsp3) is 0.478. The van der Waals surface area contributed by atoms with Gasteiger partial charge in [0.25, 0.3) is 0 Å². The van der Waals surface area contributed by atoms with E-state index in [-0.39, 0.29) is 61.7 Å². The van der Waals surface area contributed by atoms with Crippen LogP contribution < -0.4 is 9.47 Å². The van der Waals surface area contributed by atoms with Crippen molar-refractivity contribution in [3.8, 4) is 22.8 Å². The molecule has 4 aromatic rings. The fourth-order valence-corrected chi connectivity index (χ4v) is 13.0. The summed E-state index contributed by atoms with van der Waals surface area (Å²) in [4.78, 5) is 62.3.